The van der Waals surface area contributed by atoms with E-state index in [1.165, 1.54) is 11.1 Å². The summed E-state index contributed by atoms with van der Waals surface area (Å²) in [5.74, 6) is 0. The van der Waals surface area contributed by atoms with Gasteiger partial charge in [0.05, 0.1) is 13.2 Å². The molecule has 0 radical (unpaired) electrons. The lowest BCUT2D eigenvalue weighted by Crippen LogP contribution is -2.18. The van der Waals surface area contributed by atoms with E-state index in [0.29, 0.717) is 13.2 Å². The minimum Gasteiger partial charge on any atom is -0.435 e. The van der Waals surface area contributed by atoms with E-state index in [4.69, 9.17) is 9.47 Å². The molecule has 0 saturated carbocycles. The van der Waals surface area contributed by atoms with Crippen LogP contribution in [-0.2, 0) is 21.3 Å². The second-order valence-corrected chi connectivity index (χ2v) is 5.53. The van der Waals surface area contributed by atoms with Crippen LogP contribution >= 0.6 is 0 Å². The highest BCUT2D eigenvalue weighted by molar-refractivity contribution is 5.59. The van der Waals surface area contributed by atoms with Crippen LogP contribution in [0.1, 0.15) is 51.7 Å². The molecule has 1 aromatic rings. The summed E-state index contributed by atoms with van der Waals surface area (Å²) >= 11 is 0. The molecule has 20 heavy (non-hydrogen) atoms. The summed E-state index contributed by atoms with van der Waals surface area (Å²) in [6.07, 6.45) is 2.26. The molecule has 0 aliphatic rings. The second kappa shape index (κ2) is 7.93. The molecule has 0 fully saturated rings. The number of carbonyl (C=O) groups excluding carboxylic acids is 1. The van der Waals surface area contributed by atoms with E-state index in [1.807, 2.05) is 0 Å². The summed E-state index contributed by atoms with van der Waals surface area (Å²) in [4.78, 5) is 11.1. The minimum absolute atomic E-state index is 0.179. The lowest BCUT2D eigenvalue weighted by atomic mass is 9.79. The highest BCUT2D eigenvalue weighted by Gasteiger charge is 2.20. The first-order valence-electron chi connectivity index (χ1n) is 7.39. The van der Waals surface area contributed by atoms with Gasteiger partial charge in [-0.1, -0.05) is 45.0 Å². The maximum atomic E-state index is 11.1. The van der Waals surface area contributed by atoms with Gasteiger partial charge in [-0.15, -0.1) is 0 Å². The number of hydrogen-bond acceptors (Lipinski definition) is 3. The quantitative estimate of drug-likeness (QED) is 0.545. The maximum Gasteiger partial charge on any atom is 0.508 e. The molecule has 0 amide bonds. The molecule has 1 rings (SSSR count). The van der Waals surface area contributed by atoms with Gasteiger partial charge in [0, 0.05) is 0 Å². The smallest absolute Gasteiger partial charge is 0.435 e. The van der Waals surface area contributed by atoms with Gasteiger partial charge >= 0.3 is 6.16 Å². The van der Waals surface area contributed by atoms with Crippen molar-refractivity contribution in [2.24, 2.45) is 0 Å². The van der Waals surface area contributed by atoms with Crippen molar-refractivity contribution in [3.05, 3.63) is 35.4 Å². The van der Waals surface area contributed by atoms with Crippen LogP contribution in [0.4, 0.5) is 4.79 Å². The normalized spacial score (nSPS) is 11.2. The largest absolute Gasteiger partial charge is 0.508 e. The number of aryl methyl sites for hydroxylation is 1. The molecule has 0 heterocycles. The fraction of sp³-hybridized carbons (Fsp3) is 0.588. The Morgan fingerprint density at radius 2 is 1.85 bits per heavy atom. The van der Waals surface area contributed by atoms with Crippen molar-refractivity contribution in [3.63, 3.8) is 0 Å². The highest BCUT2D eigenvalue weighted by atomic mass is 16.7. The number of hydrogen-bond donors (Lipinski definition) is 0. The van der Waals surface area contributed by atoms with E-state index >= 15 is 0 Å². The Morgan fingerprint density at radius 3 is 2.50 bits per heavy atom. The molecular weight excluding hydrogens is 252 g/mol. The van der Waals surface area contributed by atoms with Crippen molar-refractivity contribution >= 4 is 6.16 Å². The SMILES string of the molecule is CCOC(=O)OCCCc1ccccc1C(C)(C)CC. The van der Waals surface area contributed by atoms with E-state index in [9.17, 15) is 4.79 Å². The second-order valence-electron chi connectivity index (χ2n) is 5.53. The molecule has 1 aromatic carbocycles. The van der Waals surface area contributed by atoms with Gasteiger partial charge in [0.15, 0.2) is 0 Å². The standard InChI is InChI=1S/C17H26O3/c1-5-17(3,4)15-12-8-7-10-14(15)11-9-13-20-16(18)19-6-2/h7-8,10,12H,5-6,9,11,13H2,1-4H3. The zero-order chi connectivity index (χ0) is 15.0. The molecule has 0 N–H and O–H groups in total. The summed E-state index contributed by atoms with van der Waals surface area (Å²) in [5.41, 5.74) is 2.91. The molecule has 0 aliphatic heterocycles. The monoisotopic (exact) mass is 278 g/mol. The van der Waals surface area contributed by atoms with Crippen LogP contribution in [0.5, 0.6) is 0 Å². The van der Waals surface area contributed by atoms with Gasteiger partial charge in [-0.05, 0) is 42.7 Å². The Labute approximate surface area is 122 Å². The first-order valence-corrected chi connectivity index (χ1v) is 7.39. The van der Waals surface area contributed by atoms with Gasteiger partial charge < -0.3 is 9.47 Å². The number of ether oxygens (including phenoxy) is 2. The van der Waals surface area contributed by atoms with Crippen LogP contribution < -0.4 is 0 Å². The Bertz CT molecular complexity index is 424. The third kappa shape index (κ3) is 4.87. The van der Waals surface area contributed by atoms with E-state index in [1.54, 1.807) is 6.92 Å². The molecule has 0 spiro atoms. The van der Waals surface area contributed by atoms with Crippen LogP contribution in [0.3, 0.4) is 0 Å². The van der Waals surface area contributed by atoms with Crippen molar-refractivity contribution in [2.75, 3.05) is 13.2 Å². The molecule has 3 nitrogen and oxygen atoms in total. The van der Waals surface area contributed by atoms with Crippen molar-refractivity contribution in [1.82, 2.24) is 0 Å². The third-order valence-electron chi connectivity index (χ3n) is 3.70. The fourth-order valence-corrected chi connectivity index (χ4v) is 2.17. The van der Waals surface area contributed by atoms with Gasteiger partial charge in [0.2, 0.25) is 0 Å². The molecule has 0 bridgehead atoms. The maximum absolute atomic E-state index is 11.1. The van der Waals surface area contributed by atoms with Gasteiger partial charge in [-0.25, -0.2) is 4.79 Å². The molecule has 0 unspecified atom stereocenters. The zero-order valence-corrected chi connectivity index (χ0v) is 13.1. The van der Waals surface area contributed by atoms with Crippen molar-refractivity contribution in [2.45, 2.75) is 52.4 Å². The van der Waals surface area contributed by atoms with Gasteiger partial charge in [-0.3, -0.25) is 0 Å². The summed E-state index contributed by atoms with van der Waals surface area (Å²) in [6, 6.07) is 8.52. The van der Waals surface area contributed by atoms with Gasteiger partial charge in [-0.2, -0.15) is 0 Å². The highest BCUT2D eigenvalue weighted by Crippen LogP contribution is 2.30. The number of benzene rings is 1. The van der Waals surface area contributed by atoms with E-state index < -0.39 is 6.16 Å². The van der Waals surface area contributed by atoms with Crippen LogP contribution in [0.2, 0.25) is 0 Å². The van der Waals surface area contributed by atoms with Gasteiger partial charge in [0.1, 0.15) is 0 Å². The molecule has 112 valence electrons. The van der Waals surface area contributed by atoms with Crippen molar-refractivity contribution in [3.8, 4) is 0 Å². The van der Waals surface area contributed by atoms with Crippen LogP contribution in [0, 0.1) is 0 Å². The predicted octanol–water partition coefficient (Wildman–Crippen LogP) is 4.48. The number of rotatable bonds is 7. The fourth-order valence-electron chi connectivity index (χ4n) is 2.17. The van der Waals surface area contributed by atoms with Crippen LogP contribution in [0.25, 0.3) is 0 Å². The predicted molar refractivity (Wildman–Crippen MR) is 81.1 cm³/mol. The first kappa shape index (κ1) is 16.5. The summed E-state index contributed by atoms with van der Waals surface area (Å²) in [6.45, 7) is 9.26. The number of carbonyl (C=O) groups is 1. The Hall–Kier alpha value is -1.51. The molecule has 0 aliphatic carbocycles. The summed E-state index contributed by atoms with van der Waals surface area (Å²) < 4.78 is 9.72. The average molecular weight is 278 g/mol. The van der Waals surface area contributed by atoms with Crippen molar-refractivity contribution in [1.29, 1.82) is 0 Å². The van der Waals surface area contributed by atoms with E-state index in [2.05, 4.69) is 45.0 Å². The van der Waals surface area contributed by atoms with Crippen LogP contribution in [0.15, 0.2) is 24.3 Å². The summed E-state index contributed by atoms with van der Waals surface area (Å²) in [7, 11) is 0. The lowest BCUT2D eigenvalue weighted by Gasteiger charge is -2.26. The Balaban J connectivity index is 2.54. The minimum atomic E-state index is -0.574. The molecular formula is C17H26O3. The van der Waals surface area contributed by atoms with Gasteiger partial charge in [0.25, 0.3) is 0 Å². The topological polar surface area (TPSA) is 35.5 Å². The molecule has 0 saturated heterocycles. The third-order valence-corrected chi connectivity index (χ3v) is 3.70. The van der Waals surface area contributed by atoms with E-state index in [0.717, 1.165) is 19.3 Å². The molecule has 3 heteroatoms. The van der Waals surface area contributed by atoms with Crippen molar-refractivity contribution < 1.29 is 14.3 Å². The molecule has 0 atom stereocenters. The Kier molecular flexibility index (Phi) is 6.56. The average Bonchev–Trinajstić information content (AvgIpc) is 2.44. The summed E-state index contributed by atoms with van der Waals surface area (Å²) in [5, 5.41) is 0. The zero-order valence-electron chi connectivity index (χ0n) is 13.1. The van der Waals surface area contributed by atoms with E-state index in [-0.39, 0.29) is 5.41 Å². The van der Waals surface area contributed by atoms with Crippen LogP contribution in [-0.4, -0.2) is 19.4 Å². The lowest BCUT2D eigenvalue weighted by molar-refractivity contribution is 0.0583. The Morgan fingerprint density at radius 1 is 1.15 bits per heavy atom. The molecule has 0 aromatic heterocycles. The first-order chi connectivity index (χ1) is 9.51.